The molecule has 0 aliphatic heterocycles. The van der Waals surface area contributed by atoms with Crippen molar-refractivity contribution in [2.75, 3.05) is 5.32 Å². The fraction of sp³-hybridized carbons (Fsp3) is 0.273. The molecule has 4 heteroatoms. The van der Waals surface area contributed by atoms with E-state index in [4.69, 9.17) is 0 Å². The Labute approximate surface area is 89.0 Å². The number of aromatic nitrogens is 3. The molecule has 0 aromatic carbocycles. The highest BCUT2D eigenvalue weighted by molar-refractivity contribution is 5.45. The van der Waals surface area contributed by atoms with Crippen molar-refractivity contribution >= 4 is 5.69 Å². The average molecular weight is 202 g/mol. The molecule has 2 aromatic rings. The molecule has 2 rings (SSSR count). The van der Waals surface area contributed by atoms with Crippen molar-refractivity contribution < 1.29 is 0 Å². The van der Waals surface area contributed by atoms with Crippen molar-refractivity contribution in [1.29, 1.82) is 0 Å². The zero-order chi connectivity index (χ0) is 10.7. The molecule has 1 N–H and O–H groups in total. The molecule has 0 aliphatic rings. The Morgan fingerprint density at radius 3 is 2.87 bits per heavy atom. The third-order valence-electron chi connectivity index (χ3n) is 2.42. The highest BCUT2D eigenvalue weighted by Gasteiger charge is 2.02. The summed E-state index contributed by atoms with van der Waals surface area (Å²) in [6, 6.07) is 5.90. The van der Waals surface area contributed by atoms with E-state index in [0.717, 1.165) is 23.6 Å². The van der Waals surface area contributed by atoms with Gasteiger partial charge in [-0.2, -0.15) is 5.10 Å². The molecule has 0 unspecified atom stereocenters. The number of hydrogen-bond acceptors (Lipinski definition) is 3. The van der Waals surface area contributed by atoms with Crippen LogP contribution >= 0.6 is 0 Å². The van der Waals surface area contributed by atoms with Gasteiger partial charge in [-0.3, -0.25) is 9.67 Å². The van der Waals surface area contributed by atoms with Crippen molar-refractivity contribution in [2.45, 2.75) is 13.5 Å². The van der Waals surface area contributed by atoms with E-state index in [1.807, 2.05) is 43.0 Å². The minimum atomic E-state index is 0.730. The Morgan fingerprint density at radius 1 is 1.40 bits per heavy atom. The van der Waals surface area contributed by atoms with Crippen LogP contribution in [0, 0.1) is 6.92 Å². The van der Waals surface area contributed by atoms with Gasteiger partial charge in [0.2, 0.25) is 0 Å². The summed E-state index contributed by atoms with van der Waals surface area (Å²) in [5.41, 5.74) is 3.22. The standard InChI is InChI=1S/C11H14N4/c1-9-11(8-14-15(9)2)13-7-10-5-3-4-6-12-10/h3-6,8,13H,7H2,1-2H3. The summed E-state index contributed by atoms with van der Waals surface area (Å²) in [6.07, 6.45) is 3.63. The molecule has 0 aliphatic carbocycles. The number of hydrogen-bond donors (Lipinski definition) is 1. The molecule has 2 aromatic heterocycles. The monoisotopic (exact) mass is 202 g/mol. The summed E-state index contributed by atoms with van der Waals surface area (Å²) in [6.45, 7) is 2.77. The van der Waals surface area contributed by atoms with E-state index in [-0.39, 0.29) is 0 Å². The van der Waals surface area contributed by atoms with Crippen molar-refractivity contribution in [1.82, 2.24) is 14.8 Å². The molecule has 0 amide bonds. The van der Waals surface area contributed by atoms with Crippen molar-refractivity contribution in [2.24, 2.45) is 7.05 Å². The molecule has 0 atom stereocenters. The normalized spacial score (nSPS) is 10.3. The van der Waals surface area contributed by atoms with Crippen molar-refractivity contribution in [3.05, 3.63) is 42.0 Å². The average Bonchev–Trinajstić information content (AvgIpc) is 2.59. The van der Waals surface area contributed by atoms with Crippen LogP contribution in [0.15, 0.2) is 30.6 Å². The van der Waals surface area contributed by atoms with E-state index in [1.54, 1.807) is 6.20 Å². The third kappa shape index (κ3) is 2.15. The lowest BCUT2D eigenvalue weighted by atomic mass is 10.3. The first kappa shape index (κ1) is 9.71. The molecule has 15 heavy (non-hydrogen) atoms. The fourth-order valence-electron chi connectivity index (χ4n) is 1.36. The maximum absolute atomic E-state index is 4.24. The van der Waals surface area contributed by atoms with Crippen LogP contribution in [0.2, 0.25) is 0 Å². The maximum atomic E-state index is 4.24. The Bertz CT molecular complexity index is 433. The lowest BCUT2D eigenvalue weighted by Gasteiger charge is -2.04. The van der Waals surface area contributed by atoms with Gasteiger partial charge in [-0.1, -0.05) is 6.07 Å². The molecular formula is C11H14N4. The smallest absolute Gasteiger partial charge is 0.0759 e. The zero-order valence-electron chi connectivity index (χ0n) is 8.94. The summed E-state index contributed by atoms with van der Waals surface area (Å²) < 4.78 is 1.85. The van der Waals surface area contributed by atoms with E-state index in [9.17, 15) is 0 Å². The second kappa shape index (κ2) is 4.13. The van der Waals surface area contributed by atoms with Crippen LogP contribution in [0.25, 0.3) is 0 Å². The second-order valence-corrected chi connectivity index (χ2v) is 3.44. The first-order chi connectivity index (χ1) is 7.27. The van der Waals surface area contributed by atoms with E-state index >= 15 is 0 Å². The minimum Gasteiger partial charge on any atom is -0.377 e. The lowest BCUT2D eigenvalue weighted by molar-refractivity contribution is 0.740. The first-order valence-corrected chi connectivity index (χ1v) is 4.90. The maximum Gasteiger partial charge on any atom is 0.0759 e. The predicted molar refractivity (Wildman–Crippen MR) is 59.5 cm³/mol. The summed E-state index contributed by atoms with van der Waals surface area (Å²) in [7, 11) is 1.93. The number of pyridine rings is 1. The number of nitrogens with zero attached hydrogens (tertiary/aromatic N) is 3. The molecule has 0 radical (unpaired) electrons. The van der Waals surface area contributed by atoms with E-state index in [0.29, 0.717) is 0 Å². The van der Waals surface area contributed by atoms with Gasteiger partial charge in [0.1, 0.15) is 0 Å². The molecule has 2 heterocycles. The summed E-state index contributed by atoms with van der Waals surface area (Å²) in [5, 5.41) is 7.47. The number of anilines is 1. The molecule has 0 saturated heterocycles. The van der Waals surface area contributed by atoms with Gasteiger partial charge in [0, 0.05) is 13.2 Å². The Morgan fingerprint density at radius 2 is 2.27 bits per heavy atom. The summed E-state index contributed by atoms with van der Waals surface area (Å²) in [5.74, 6) is 0. The number of rotatable bonds is 3. The van der Waals surface area contributed by atoms with Gasteiger partial charge in [-0.25, -0.2) is 0 Å². The van der Waals surface area contributed by atoms with Gasteiger partial charge in [-0.05, 0) is 19.1 Å². The largest absolute Gasteiger partial charge is 0.377 e. The molecule has 0 bridgehead atoms. The molecule has 4 nitrogen and oxygen atoms in total. The van der Waals surface area contributed by atoms with Crippen molar-refractivity contribution in [3.8, 4) is 0 Å². The van der Waals surface area contributed by atoms with E-state index in [1.165, 1.54) is 0 Å². The van der Waals surface area contributed by atoms with Crippen LogP contribution in [0.5, 0.6) is 0 Å². The SMILES string of the molecule is Cc1c(NCc2ccccn2)cnn1C. The second-order valence-electron chi connectivity index (χ2n) is 3.44. The van der Waals surface area contributed by atoms with Gasteiger partial charge in [0.15, 0.2) is 0 Å². The molecule has 0 saturated carbocycles. The lowest BCUT2D eigenvalue weighted by Crippen LogP contribution is -2.02. The molecule has 78 valence electrons. The van der Waals surface area contributed by atoms with Gasteiger partial charge in [0.25, 0.3) is 0 Å². The third-order valence-corrected chi connectivity index (χ3v) is 2.42. The van der Waals surface area contributed by atoms with Crippen LogP contribution in [-0.4, -0.2) is 14.8 Å². The number of aryl methyl sites for hydroxylation is 1. The molecule has 0 spiro atoms. The summed E-state index contributed by atoms with van der Waals surface area (Å²) in [4.78, 5) is 4.24. The van der Waals surface area contributed by atoms with E-state index < -0.39 is 0 Å². The highest BCUT2D eigenvalue weighted by atomic mass is 15.3. The van der Waals surface area contributed by atoms with Crippen molar-refractivity contribution in [3.63, 3.8) is 0 Å². The Balaban J connectivity index is 2.02. The Hall–Kier alpha value is -1.84. The fourth-order valence-corrected chi connectivity index (χ4v) is 1.36. The first-order valence-electron chi connectivity index (χ1n) is 4.90. The van der Waals surface area contributed by atoms with Gasteiger partial charge in [0.05, 0.1) is 29.8 Å². The van der Waals surface area contributed by atoms with Gasteiger partial charge >= 0.3 is 0 Å². The van der Waals surface area contributed by atoms with E-state index in [2.05, 4.69) is 15.4 Å². The molecular weight excluding hydrogens is 188 g/mol. The number of nitrogens with one attached hydrogen (secondary N) is 1. The highest BCUT2D eigenvalue weighted by Crippen LogP contribution is 2.12. The van der Waals surface area contributed by atoms with Gasteiger partial charge < -0.3 is 5.32 Å². The predicted octanol–water partition coefficient (Wildman–Crippen LogP) is 1.74. The molecule has 0 fully saturated rings. The van der Waals surface area contributed by atoms with Crippen LogP contribution in [-0.2, 0) is 13.6 Å². The van der Waals surface area contributed by atoms with Gasteiger partial charge in [-0.15, -0.1) is 0 Å². The minimum absolute atomic E-state index is 0.730. The summed E-state index contributed by atoms with van der Waals surface area (Å²) >= 11 is 0. The van der Waals surface area contributed by atoms with Crippen LogP contribution in [0.3, 0.4) is 0 Å². The van der Waals surface area contributed by atoms with Crippen LogP contribution in [0.4, 0.5) is 5.69 Å². The van der Waals surface area contributed by atoms with Crippen LogP contribution in [0.1, 0.15) is 11.4 Å². The topological polar surface area (TPSA) is 42.7 Å². The van der Waals surface area contributed by atoms with Crippen LogP contribution < -0.4 is 5.32 Å². The zero-order valence-corrected chi connectivity index (χ0v) is 8.94. The Kier molecular flexibility index (Phi) is 2.67. The quantitative estimate of drug-likeness (QED) is 0.824.